The highest BCUT2D eigenvalue weighted by molar-refractivity contribution is 6.30. The van der Waals surface area contributed by atoms with Crippen molar-refractivity contribution in [2.45, 2.75) is 12.6 Å². The van der Waals surface area contributed by atoms with Crippen molar-refractivity contribution in [2.24, 2.45) is 0 Å². The van der Waals surface area contributed by atoms with Crippen LogP contribution in [0, 0.1) is 5.82 Å². The summed E-state index contributed by atoms with van der Waals surface area (Å²) in [6.07, 6.45) is 1.99. The highest BCUT2D eigenvalue weighted by Gasteiger charge is 2.33. The maximum atomic E-state index is 13.7. The fourth-order valence-corrected chi connectivity index (χ4v) is 4.29. The van der Waals surface area contributed by atoms with Crippen molar-refractivity contribution in [3.8, 4) is 5.69 Å². The highest BCUT2D eigenvalue weighted by atomic mass is 35.5. The van der Waals surface area contributed by atoms with E-state index in [-0.39, 0.29) is 11.8 Å². The van der Waals surface area contributed by atoms with Crippen LogP contribution in [0.25, 0.3) is 5.69 Å². The largest absolute Gasteiger partial charge is 0.322 e. The molecule has 0 saturated carbocycles. The van der Waals surface area contributed by atoms with Gasteiger partial charge in [0.05, 0.1) is 18.3 Å². The molecule has 1 N–H and O–H groups in total. The molecule has 2 heterocycles. The number of anilines is 1. The van der Waals surface area contributed by atoms with Gasteiger partial charge in [-0.1, -0.05) is 48.0 Å². The lowest BCUT2D eigenvalue weighted by Gasteiger charge is -2.31. The lowest BCUT2D eigenvalue weighted by Crippen LogP contribution is -2.37. The number of nitrogens with zero attached hydrogens (tertiary/aromatic N) is 2. The van der Waals surface area contributed by atoms with E-state index in [1.54, 1.807) is 41.3 Å². The number of fused-ring (bicyclic) bond motifs is 3. The van der Waals surface area contributed by atoms with Crippen molar-refractivity contribution in [1.29, 1.82) is 0 Å². The van der Waals surface area contributed by atoms with Crippen LogP contribution in [-0.4, -0.2) is 15.5 Å². The fourth-order valence-electron chi connectivity index (χ4n) is 4.10. The molecule has 1 unspecified atom stereocenters. The lowest BCUT2D eigenvalue weighted by molar-refractivity contribution is 0.194. The molecule has 31 heavy (non-hydrogen) atoms. The van der Waals surface area contributed by atoms with Crippen molar-refractivity contribution < 1.29 is 9.18 Å². The first-order valence-corrected chi connectivity index (χ1v) is 10.3. The number of hydrogen-bond acceptors (Lipinski definition) is 1. The zero-order chi connectivity index (χ0) is 21.4. The van der Waals surface area contributed by atoms with Gasteiger partial charge in [-0.25, -0.2) is 9.18 Å². The van der Waals surface area contributed by atoms with Gasteiger partial charge in [-0.3, -0.25) is 0 Å². The minimum Gasteiger partial charge on any atom is -0.318 e. The van der Waals surface area contributed by atoms with Gasteiger partial charge in [0.25, 0.3) is 0 Å². The van der Waals surface area contributed by atoms with Crippen molar-refractivity contribution in [3.05, 3.63) is 119 Å². The van der Waals surface area contributed by atoms with Gasteiger partial charge < -0.3 is 14.8 Å². The minimum absolute atomic E-state index is 0.263. The molecule has 0 aliphatic carbocycles. The molecule has 1 aliphatic rings. The van der Waals surface area contributed by atoms with Crippen molar-refractivity contribution >= 4 is 23.3 Å². The number of benzene rings is 3. The van der Waals surface area contributed by atoms with E-state index in [0.717, 1.165) is 22.5 Å². The van der Waals surface area contributed by atoms with E-state index < -0.39 is 6.04 Å². The number of rotatable bonds is 2. The van der Waals surface area contributed by atoms with Crippen LogP contribution in [-0.2, 0) is 6.54 Å². The molecule has 2 amide bonds. The standard InChI is InChI=1S/C25H19ClFN3O/c26-19-6-3-7-21(15-19)28-25(31)30-16-18-5-1-2-8-22(18)29-14-4-9-23(29)24(30)17-10-12-20(27)13-11-17/h1-15,24H,16H2,(H,28,31). The number of urea groups is 1. The second-order valence-electron chi connectivity index (χ2n) is 7.45. The maximum absolute atomic E-state index is 13.7. The topological polar surface area (TPSA) is 37.3 Å². The van der Waals surface area contributed by atoms with Gasteiger partial charge in [0, 0.05) is 22.6 Å². The van der Waals surface area contributed by atoms with E-state index in [9.17, 15) is 9.18 Å². The van der Waals surface area contributed by atoms with Crippen LogP contribution in [0.5, 0.6) is 0 Å². The number of hydrogen-bond donors (Lipinski definition) is 1. The van der Waals surface area contributed by atoms with Crippen LogP contribution >= 0.6 is 11.6 Å². The van der Waals surface area contributed by atoms with Crippen LogP contribution in [0.2, 0.25) is 5.02 Å². The number of halogens is 2. The smallest absolute Gasteiger partial charge is 0.318 e. The van der Waals surface area contributed by atoms with Crippen molar-refractivity contribution in [2.75, 3.05) is 5.32 Å². The second-order valence-corrected chi connectivity index (χ2v) is 7.89. The molecular weight excluding hydrogens is 413 g/mol. The maximum Gasteiger partial charge on any atom is 0.322 e. The zero-order valence-corrected chi connectivity index (χ0v) is 17.3. The third-order valence-electron chi connectivity index (χ3n) is 5.49. The monoisotopic (exact) mass is 431 g/mol. The summed E-state index contributed by atoms with van der Waals surface area (Å²) in [4.78, 5) is 15.3. The first-order valence-electron chi connectivity index (χ1n) is 9.94. The molecule has 154 valence electrons. The van der Waals surface area contributed by atoms with Crippen LogP contribution in [0.1, 0.15) is 22.9 Å². The summed E-state index contributed by atoms with van der Waals surface area (Å²) in [6.45, 7) is 0.395. The Morgan fingerprint density at radius 1 is 0.968 bits per heavy atom. The molecular formula is C25H19ClFN3O. The van der Waals surface area contributed by atoms with E-state index in [2.05, 4.69) is 9.88 Å². The summed E-state index contributed by atoms with van der Waals surface area (Å²) < 4.78 is 15.7. The lowest BCUT2D eigenvalue weighted by atomic mass is 10.0. The normalized spacial score (nSPS) is 15.0. The third kappa shape index (κ3) is 3.68. The fraction of sp³-hybridized carbons (Fsp3) is 0.0800. The molecule has 1 atom stereocenters. The molecule has 0 saturated heterocycles. The molecule has 0 bridgehead atoms. The number of carbonyl (C=O) groups is 1. The van der Waals surface area contributed by atoms with Crippen LogP contribution in [0.15, 0.2) is 91.1 Å². The van der Waals surface area contributed by atoms with E-state index in [1.165, 1.54) is 12.1 Å². The summed E-state index contributed by atoms with van der Waals surface area (Å²) in [6, 6.07) is 24.7. The Morgan fingerprint density at radius 3 is 2.58 bits per heavy atom. The predicted octanol–water partition coefficient (Wildman–Crippen LogP) is 6.41. The van der Waals surface area contributed by atoms with Gasteiger partial charge in [0.15, 0.2) is 0 Å². The molecule has 6 heteroatoms. The molecule has 1 aliphatic heterocycles. The molecule has 5 rings (SSSR count). The summed E-state index contributed by atoms with van der Waals surface area (Å²) in [5.74, 6) is -0.314. The van der Waals surface area contributed by atoms with Gasteiger partial charge in [0.2, 0.25) is 0 Å². The Labute approximate surface area is 184 Å². The third-order valence-corrected chi connectivity index (χ3v) is 5.72. The van der Waals surface area contributed by atoms with E-state index in [1.807, 2.05) is 42.6 Å². The quantitative estimate of drug-likeness (QED) is 0.391. The van der Waals surface area contributed by atoms with Gasteiger partial charge in [-0.15, -0.1) is 0 Å². The number of nitrogens with one attached hydrogen (secondary N) is 1. The van der Waals surface area contributed by atoms with Crippen LogP contribution in [0.4, 0.5) is 14.9 Å². The van der Waals surface area contributed by atoms with E-state index in [0.29, 0.717) is 17.3 Å². The van der Waals surface area contributed by atoms with Gasteiger partial charge >= 0.3 is 6.03 Å². The van der Waals surface area contributed by atoms with E-state index >= 15 is 0 Å². The summed E-state index contributed by atoms with van der Waals surface area (Å²) in [7, 11) is 0. The SMILES string of the molecule is O=C(Nc1cccc(Cl)c1)N1Cc2ccccc2-n2cccc2C1c1ccc(F)cc1. The first kappa shape index (κ1) is 19.4. The number of aromatic nitrogens is 1. The molecule has 4 aromatic rings. The molecule has 0 spiro atoms. The molecule has 0 fully saturated rings. The van der Waals surface area contributed by atoms with Crippen molar-refractivity contribution in [1.82, 2.24) is 9.47 Å². The highest BCUT2D eigenvalue weighted by Crippen LogP contribution is 2.37. The molecule has 3 aromatic carbocycles. The zero-order valence-electron chi connectivity index (χ0n) is 16.5. The predicted molar refractivity (Wildman–Crippen MR) is 120 cm³/mol. The van der Waals surface area contributed by atoms with Crippen LogP contribution in [0.3, 0.4) is 0 Å². The van der Waals surface area contributed by atoms with Crippen molar-refractivity contribution in [3.63, 3.8) is 0 Å². The Hall–Kier alpha value is -3.57. The minimum atomic E-state index is -0.401. The Balaban J connectivity index is 1.63. The number of para-hydroxylation sites is 1. The second kappa shape index (κ2) is 7.93. The average Bonchev–Trinajstić information content (AvgIpc) is 3.19. The molecule has 0 radical (unpaired) electrons. The summed E-state index contributed by atoms with van der Waals surface area (Å²) in [5, 5.41) is 3.51. The summed E-state index contributed by atoms with van der Waals surface area (Å²) >= 11 is 6.10. The first-order chi connectivity index (χ1) is 15.1. The average molecular weight is 432 g/mol. The molecule has 1 aromatic heterocycles. The number of amides is 2. The van der Waals surface area contributed by atoms with Gasteiger partial charge in [-0.2, -0.15) is 0 Å². The Kier molecular flexibility index (Phi) is 4.96. The molecule has 4 nitrogen and oxygen atoms in total. The van der Waals surface area contributed by atoms with Crippen LogP contribution < -0.4 is 5.32 Å². The van der Waals surface area contributed by atoms with Gasteiger partial charge in [0.1, 0.15) is 5.82 Å². The Bertz CT molecular complexity index is 1250. The Morgan fingerprint density at radius 2 is 1.77 bits per heavy atom. The summed E-state index contributed by atoms with van der Waals surface area (Å²) in [5.41, 5.74) is 4.41. The van der Waals surface area contributed by atoms with Gasteiger partial charge in [-0.05, 0) is 59.7 Å². The number of carbonyl (C=O) groups excluding carboxylic acids is 1. The van der Waals surface area contributed by atoms with E-state index in [4.69, 9.17) is 11.6 Å².